The normalized spacial score (nSPS) is 14.9. The molecule has 0 aromatic carbocycles. The molecule has 0 aliphatic rings. The van der Waals surface area contributed by atoms with Gasteiger partial charge in [0.1, 0.15) is 5.54 Å². The SMILES string of the molecule is COC(=O)C(C)(COCCCC(C)C)NC(C)C. The molecule has 0 heterocycles. The molecular weight excluding hydrogens is 230 g/mol. The fraction of sp³-hybridized carbons (Fsp3) is 0.929. The summed E-state index contributed by atoms with van der Waals surface area (Å²) in [4.78, 5) is 11.8. The molecule has 0 fully saturated rings. The summed E-state index contributed by atoms with van der Waals surface area (Å²) >= 11 is 0. The molecule has 4 heteroatoms. The van der Waals surface area contributed by atoms with E-state index in [0.717, 1.165) is 12.8 Å². The predicted octanol–water partition coefficient (Wildman–Crippen LogP) is 2.37. The molecule has 0 saturated carbocycles. The topological polar surface area (TPSA) is 47.6 Å². The summed E-state index contributed by atoms with van der Waals surface area (Å²) in [5.41, 5.74) is -0.763. The smallest absolute Gasteiger partial charge is 0.328 e. The van der Waals surface area contributed by atoms with Crippen LogP contribution in [0.1, 0.15) is 47.5 Å². The summed E-state index contributed by atoms with van der Waals surface area (Å²) in [5.74, 6) is 0.412. The van der Waals surface area contributed by atoms with Crippen molar-refractivity contribution in [3.63, 3.8) is 0 Å². The van der Waals surface area contributed by atoms with E-state index in [-0.39, 0.29) is 12.0 Å². The fourth-order valence-electron chi connectivity index (χ4n) is 1.89. The molecule has 0 amide bonds. The number of hydrogen-bond donors (Lipinski definition) is 1. The van der Waals surface area contributed by atoms with Crippen molar-refractivity contribution in [1.29, 1.82) is 0 Å². The van der Waals surface area contributed by atoms with E-state index in [0.29, 0.717) is 19.1 Å². The molecule has 0 aromatic rings. The van der Waals surface area contributed by atoms with E-state index in [9.17, 15) is 4.79 Å². The third-order valence-electron chi connectivity index (χ3n) is 2.70. The largest absolute Gasteiger partial charge is 0.468 e. The van der Waals surface area contributed by atoms with Crippen LogP contribution >= 0.6 is 0 Å². The Kier molecular flexibility index (Phi) is 8.20. The minimum Gasteiger partial charge on any atom is -0.468 e. The van der Waals surface area contributed by atoms with Gasteiger partial charge in [-0.2, -0.15) is 0 Å². The molecule has 0 saturated heterocycles. The lowest BCUT2D eigenvalue weighted by molar-refractivity contribution is -0.151. The highest BCUT2D eigenvalue weighted by Gasteiger charge is 2.35. The number of carbonyl (C=O) groups is 1. The van der Waals surface area contributed by atoms with Crippen LogP contribution in [-0.4, -0.2) is 37.9 Å². The number of nitrogens with one attached hydrogen (secondary N) is 1. The first-order valence-electron chi connectivity index (χ1n) is 6.75. The number of ether oxygens (including phenoxy) is 2. The van der Waals surface area contributed by atoms with Crippen molar-refractivity contribution in [2.45, 2.75) is 59.0 Å². The number of esters is 1. The third kappa shape index (κ3) is 6.97. The molecule has 0 spiro atoms. The van der Waals surface area contributed by atoms with Crippen LogP contribution in [0.2, 0.25) is 0 Å². The average Bonchev–Trinajstić information content (AvgIpc) is 2.26. The Morgan fingerprint density at radius 2 is 1.89 bits per heavy atom. The van der Waals surface area contributed by atoms with Crippen LogP contribution < -0.4 is 5.32 Å². The zero-order valence-corrected chi connectivity index (χ0v) is 12.7. The van der Waals surface area contributed by atoms with Gasteiger partial charge in [0.15, 0.2) is 0 Å². The molecule has 1 N–H and O–H groups in total. The first-order chi connectivity index (χ1) is 8.31. The maximum Gasteiger partial charge on any atom is 0.328 e. The van der Waals surface area contributed by atoms with Gasteiger partial charge in [0.2, 0.25) is 0 Å². The van der Waals surface area contributed by atoms with Gasteiger partial charge >= 0.3 is 5.97 Å². The summed E-state index contributed by atoms with van der Waals surface area (Å²) in [6.45, 7) is 11.2. The third-order valence-corrected chi connectivity index (χ3v) is 2.70. The molecule has 18 heavy (non-hydrogen) atoms. The second-order valence-corrected chi connectivity index (χ2v) is 5.71. The minimum atomic E-state index is -0.763. The Hall–Kier alpha value is -0.610. The van der Waals surface area contributed by atoms with Gasteiger partial charge in [-0.15, -0.1) is 0 Å². The van der Waals surface area contributed by atoms with E-state index in [1.807, 2.05) is 20.8 Å². The lowest BCUT2D eigenvalue weighted by Crippen LogP contribution is -2.56. The van der Waals surface area contributed by atoms with Crippen LogP contribution in [0.3, 0.4) is 0 Å². The van der Waals surface area contributed by atoms with E-state index < -0.39 is 5.54 Å². The Morgan fingerprint density at radius 3 is 2.33 bits per heavy atom. The molecule has 0 aromatic heterocycles. The van der Waals surface area contributed by atoms with Gasteiger partial charge < -0.3 is 9.47 Å². The zero-order valence-electron chi connectivity index (χ0n) is 12.7. The van der Waals surface area contributed by atoms with Gasteiger partial charge in [-0.1, -0.05) is 13.8 Å². The van der Waals surface area contributed by atoms with Gasteiger partial charge in [-0.25, -0.2) is 4.79 Å². The summed E-state index contributed by atoms with van der Waals surface area (Å²) in [6.07, 6.45) is 2.17. The summed E-state index contributed by atoms with van der Waals surface area (Å²) in [6, 6.07) is 0.202. The Labute approximate surface area is 111 Å². The van der Waals surface area contributed by atoms with Gasteiger partial charge in [-0.3, -0.25) is 5.32 Å². The second-order valence-electron chi connectivity index (χ2n) is 5.71. The van der Waals surface area contributed by atoms with Crippen molar-refractivity contribution in [2.75, 3.05) is 20.3 Å². The lowest BCUT2D eigenvalue weighted by atomic mass is 10.0. The maximum absolute atomic E-state index is 11.8. The average molecular weight is 259 g/mol. The predicted molar refractivity (Wildman–Crippen MR) is 73.6 cm³/mol. The van der Waals surface area contributed by atoms with Crippen molar-refractivity contribution in [3.05, 3.63) is 0 Å². The van der Waals surface area contributed by atoms with Crippen LogP contribution in [-0.2, 0) is 14.3 Å². The van der Waals surface area contributed by atoms with E-state index in [2.05, 4.69) is 19.2 Å². The van der Waals surface area contributed by atoms with E-state index in [1.54, 1.807) is 0 Å². The Morgan fingerprint density at radius 1 is 1.28 bits per heavy atom. The zero-order chi connectivity index (χ0) is 14.2. The van der Waals surface area contributed by atoms with Crippen molar-refractivity contribution < 1.29 is 14.3 Å². The molecular formula is C14H29NO3. The van der Waals surface area contributed by atoms with Gasteiger partial charge in [0.25, 0.3) is 0 Å². The number of hydrogen-bond acceptors (Lipinski definition) is 4. The summed E-state index contributed by atoms with van der Waals surface area (Å²) in [5, 5.41) is 3.21. The molecule has 1 atom stereocenters. The van der Waals surface area contributed by atoms with Crippen molar-refractivity contribution in [1.82, 2.24) is 5.32 Å². The van der Waals surface area contributed by atoms with Crippen LogP contribution in [0.25, 0.3) is 0 Å². The number of methoxy groups -OCH3 is 1. The van der Waals surface area contributed by atoms with Gasteiger partial charge in [-0.05, 0) is 39.5 Å². The van der Waals surface area contributed by atoms with Crippen LogP contribution in [0, 0.1) is 5.92 Å². The minimum absolute atomic E-state index is 0.202. The second kappa shape index (κ2) is 8.48. The Bertz CT molecular complexity index is 241. The number of carbonyl (C=O) groups excluding carboxylic acids is 1. The highest BCUT2D eigenvalue weighted by Crippen LogP contribution is 2.10. The lowest BCUT2D eigenvalue weighted by Gasteiger charge is -2.29. The molecule has 0 rings (SSSR count). The molecule has 0 aliphatic carbocycles. The first-order valence-corrected chi connectivity index (χ1v) is 6.75. The van der Waals surface area contributed by atoms with Gasteiger partial charge in [0.05, 0.1) is 13.7 Å². The van der Waals surface area contributed by atoms with Crippen molar-refractivity contribution in [3.8, 4) is 0 Å². The van der Waals surface area contributed by atoms with Gasteiger partial charge in [0, 0.05) is 12.6 Å². The fourth-order valence-corrected chi connectivity index (χ4v) is 1.89. The van der Waals surface area contributed by atoms with E-state index in [1.165, 1.54) is 7.11 Å². The molecule has 1 unspecified atom stereocenters. The molecule has 0 aliphatic heterocycles. The maximum atomic E-state index is 11.8. The molecule has 0 radical (unpaired) electrons. The van der Waals surface area contributed by atoms with Crippen LogP contribution in [0.15, 0.2) is 0 Å². The van der Waals surface area contributed by atoms with E-state index >= 15 is 0 Å². The molecule has 4 nitrogen and oxygen atoms in total. The molecule has 108 valence electrons. The first kappa shape index (κ1) is 17.4. The van der Waals surface area contributed by atoms with Crippen molar-refractivity contribution in [2.24, 2.45) is 5.92 Å². The summed E-state index contributed by atoms with van der Waals surface area (Å²) < 4.78 is 10.4. The molecule has 0 bridgehead atoms. The summed E-state index contributed by atoms with van der Waals surface area (Å²) in [7, 11) is 1.40. The van der Waals surface area contributed by atoms with Crippen LogP contribution in [0.4, 0.5) is 0 Å². The Balaban J connectivity index is 4.13. The number of rotatable bonds is 9. The van der Waals surface area contributed by atoms with Crippen LogP contribution in [0.5, 0.6) is 0 Å². The van der Waals surface area contributed by atoms with E-state index in [4.69, 9.17) is 9.47 Å². The monoisotopic (exact) mass is 259 g/mol. The standard InChI is InChI=1S/C14H29NO3/c1-11(2)8-7-9-18-10-14(5,13(16)17-6)15-12(3)4/h11-12,15H,7-10H2,1-6H3. The highest BCUT2D eigenvalue weighted by molar-refractivity contribution is 5.80. The van der Waals surface area contributed by atoms with Crippen molar-refractivity contribution >= 4 is 5.97 Å². The quantitative estimate of drug-likeness (QED) is 0.510. The highest BCUT2D eigenvalue weighted by atomic mass is 16.5.